The second-order valence-corrected chi connectivity index (χ2v) is 6.52. The number of hydrogen-bond acceptors (Lipinski definition) is 4. The van der Waals surface area contributed by atoms with Crippen molar-refractivity contribution < 1.29 is 9.59 Å². The highest BCUT2D eigenvalue weighted by atomic mass is 35.5. The van der Waals surface area contributed by atoms with Gasteiger partial charge in [-0.1, -0.05) is 30.3 Å². The molecule has 0 unspecified atom stereocenters. The zero-order valence-electron chi connectivity index (χ0n) is 15.2. The molecule has 1 amide bonds. The predicted molar refractivity (Wildman–Crippen MR) is 112 cm³/mol. The molecule has 0 aromatic heterocycles. The Morgan fingerprint density at radius 1 is 0.963 bits per heavy atom. The molecule has 0 fully saturated rings. The molecule has 0 saturated carbocycles. The SMILES string of the molecule is CC(C)(C)N(N)C(=O)c1ccc(C#N)cc1.Cl.Cl.O=C(Cl)c1ccccc1. The van der Waals surface area contributed by atoms with Crippen molar-refractivity contribution in [2.75, 3.05) is 0 Å². The smallest absolute Gasteiger partial charge is 0.268 e. The number of hydrogen-bond donors (Lipinski definition) is 1. The van der Waals surface area contributed by atoms with E-state index in [9.17, 15) is 9.59 Å². The first-order valence-electron chi connectivity index (χ1n) is 7.51. The Hall–Kier alpha value is -2.10. The van der Waals surface area contributed by atoms with Crippen molar-refractivity contribution in [1.29, 1.82) is 5.26 Å². The lowest BCUT2D eigenvalue weighted by Gasteiger charge is -2.31. The van der Waals surface area contributed by atoms with Crippen molar-refractivity contribution in [2.24, 2.45) is 5.84 Å². The van der Waals surface area contributed by atoms with Gasteiger partial charge in [-0.05, 0) is 56.6 Å². The Balaban J connectivity index is 0. The van der Waals surface area contributed by atoms with Gasteiger partial charge in [0.05, 0.1) is 17.2 Å². The van der Waals surface area contributed by atoms with Crippen molar-refractivity contribution in [3.8, 4) is 6.07 Å². The van der Waals surface area contributed by atoms with E-state index in [1.807, 2.05) is 32.9 Å². The van der Waals surface area contributed by atoms with Gasteiger partial charge >= 0.3 is 0 Å². The van der Waals surface area contributed by atoms with Gasteiger partial charge in [-0.15, -0.1) is 24.8 Å². The molecule has 2 aromatic rings. The summed E-state index contributed by atoms with van der Waals surface area (Å²) in [6.45, 7) is 5.57. The van der Waals surface area contributed by atoms with Gasteiger partial charge in [0.15, 0.2) is 0 Å². The highest BCUT2D eigenvalue weighted by Crippen LogP contribution is 2.13. The molecular formula is C19H22Cl3N3O2. The molecule has 0 atom stereocenters. The van der Waals surface area contributed by atoms with Crippen LogP contribution in [0.25, 0.3) is 0 Å². The van der Waals surface area contributed by atoms with Crippen LogP contribution in [0.2, 0.25) is 0 Å². The number of rotatable bonds is 2. The van der Waals surface area contributed by atoms with Gasteiger partial charge in [-0.2, -0.15) is 5.26 Å². The van der Waals surface area contributed by atoms with Crippen LogP contribution in [-0.2, 0) is 0 Å². The van der Waals surface area contributed by atoms with E-state index in [1.54, 1.807) is 48.5 Å². The third kappa shape index (κ3) is 8.89. The van der Waals surface area contributed by atoms with Crippen LogP contribution in [0.15, 0.2) is 54.6 Å². The number of nitrogens with zero attached hydrogens (tertiary/aromatic N) is 2. The molecule has 0 spiro atoms. The number of carbonyl (C=O) groups is 2. The summed E-state index contributed by atoms with van der Waals surface area (Å²) in [7, 11) is 0. The molecule has 5 nitrogen and oxygen atoms in total. The number of amides is 1. The average molecular weight is 431 g/mol. The Morgan fingerprint density at radius 2 is 1.44 bits per heavy atom. The first-order valence-corrected chi connectivity index (χ1v) is 7.89. The Bertz CT molecular complexity index is 768. The standard InChI is InChI=1S/C12H15N3O.C7H5ClO.2ClH/c1-12(2,3)15(14)11(16)10-6-4-9(8-13)5-7-10;8-7(9)6-4-2-1-3-5-6;;/h4-7H,14H2,1-3H3;1-5H;2*1H. The second kappa shape index (κ2) is 12.3. The lowest BCUT2D eigenvalue weighted by atomic mass is 10.1. The highest BCUT2D eigenvalue weighted by molar-refractivity contribution is 6.67. The Morgan fingerprint density at radius 3 is 1.78 bits per heavy atom. The molecule has 146 valence electrons. The molecule has 0 bridgehead atoms. The average Bonchev–Trinajstić information content (AvgIpc) is 2.61. The van der Waals surface area contributed by atoms with Crippen molar-refractivity contribution in [1.82, 2.24) is 5.01 Å². The van der Waals surface area contributed by atoms with E-state index in [0.29, 0.717) is 16.7 Å². The van der Waals surface area contributed by atoms with E-state index in [-0.39, 0.29) is 30.7 Å². The summed E-state index contributed by atoms with van der Waals surface area (Å²) in [4.78, 5) is 22.3. The monoisotopic (exact) mass is 429 g/mol. The molecular weight excluding hydrogens is 409 g/mol. The summed E-state index contributed by atoms with van der Waals surface area (Å²) in [5.74, 6) is 5.46. The van der Waals surface area contributed by atoms with Gasteiger partial charge < -0.3 is 0 Å². The second-order valence-electron chi connectivity index (χ2n) is 6.17. The lowest BCUT2D eigenvalue weighted by molar-refractivity contribution is 0.0581. The van der Waals surface area contributed by atoms with Crippen LogP contribution in [0.1, 0.15) is 47.1 Å². The Labute approximate surface area is 176 Å². The van der Waals surface area contributed by atoms with E-state index >= 15 is 0 Å². The number of halogens is 3. The number of nitrogens with two attached hydrogens (primary N) is 1. The van der Waals surface area contributed by atoms with Crippen LogP contribution in [-0.4, -0.2) is 21.7 Å². The molecule has 0 aliphatic heterocycles. The van der Waals surface area contributed by atoms with Crippen LogP contribution < -0.4 is 5.84 Å². The maximum atomic E-state index is 11.9. The fraction of sp³-hybridized carbons (Fsp3) is 0.211. The van der Waals surface area contributed by atoms with E-state index in [1.165, 1.54) is 5.01 Å². The maximum Gasteiger partial charge on any atom is 0.268 e. The molecule has 0 heterocycles. The number of benzene rings is 2. The minimum atomic E-state index is -0.426. The molecule has 0 aliphatic carbocycles. The molecule has 0 radical (unpaired) electrons. The quantitative estimate of drug-likeness (QED) is 0.327. The zero-order chi connectivity index (χ0) is 19.0. The zero-order valence-corrected chi connectivity index (χ0v) is 17.6. The topological polar surface area (TPSA) is 87.2 Å². The molecule has 2 rings (SSSR count). The minimum absolute atomic E-state index is 0. The summed E-state index contributed by atoms with van der Waals surface area (Å²) >= 11 is 5.16. The van der Waals surface area contributed by atoms with Crippen molar-refractivity contribution in [3.63, 3.8) is 0 Å². The normalized spacial score (nSPS) is 9.33. The van der Waals surface area contributed by atoms with Crippen LogP contribution in [0.3, 0.4) is 0 Å². The van der Waals surface area contributed by atoms with Crippen molar-refractivity contribution in [2.45, 2.75) is 26.3 Å². The third-order valence-corrected chi connectivity index (χ3v) is 3.42. The lowest BCUT2D eigenvalue weighted by Crippen LogP contribution is -2.50. The van der Waals surface area contributed by atoms with Gasteiger partial charge in [-0.25, -0.2) is 5.84 Å². The fourth-order valence-electron chi connectivity index (χ4n) is 1.70. The summed E-state index contributed by atoms with van der Waals surface area (Å²) in [6, 6.07) is 17.1. The van der Waals surface area contributed by atoms with E-state index in [0.717, 1.165) is 0 Å². The van der Waals surface area contributed by atoms with Gasteiger partial charge in [0.1, 0.15) is 0 Å². The van der Waals surface area contributed by atoms with E-state index < -0.39 is 10.8 Å². The van der Waals surface area contributed by atoms with Crippen LogP contribution >= 0.6 is 36.4 Å². The fourth-order valence-corrected chi connectivity index (χ4v) is 1.83. The first kappa shape index (κ1) is 27.1. The van der Waals surface area contributed by atoms with Gasteiger partial charge in [0.2, 0.25) is 0 Å². The molecule has 8 heteroatoms. The third-order valence-electron chi connectivity index (χ3n) is 3.20. The van der Waals surface area contributed by atoms with Gasteiger partial charge in [0, 0.05) is 11.1 Å². The number of nitriles is 1. The predicted octanol–water partition coefficient (Wildman–Crippen LogP) is 4.58. The van der Waals surface area contributed by atoms with Crippen LogP contribution in [0, 0.1) is 11.3 Å². The molecule has 2 N–H and O–H groups in total. The number of carbonyl (C=O) groups excluding carboxylic acids is 2. The number of hydrazine groups is 1. The Kier molecular flexibility index (Phi) is 12.4. The van der Waals surface area contributed by atoms with E-state index in [4.69, 9.17) is 22.7 Å². The minimum Gasteiger partial charge on any atom is -0.276 e. The summed E-state index contributed by atoms with van der Waals surface area (Å²) in [5.41, 5.74) is 1.12. The molecule has 0 aliphatic rings. The van der Waals surface area contributed by atoms with Gasteiger partial charge in [-0.3, -0.25) is 14.6 Å². The summed E-state index contributed by atoms with van der Waals surface area (Å²) < 4.78 is 0. The van der Waals surface area contributed by atoms with Crippen molar-refractivity contribution >= 4 is 47.6 Å². The summed E-state index contributed by atoms with van der Waals surface area (Å²) in [6.07, 6.45) is 0. The van der Waals surface area contributed by atoms with Gasteiger partial charge in [0.25, 0.3) is 11.1 Å². The highest BCUT2D eigenvalue weighted by Gasteiger charge is 2.24. The molecule has 2 aromatic carbocycles. The van der Waals surface area contributed by atoms with Crippen LogP contribution in [0.4, 0.5) is 0 Å². The molecule has 0 saturated heterocycles. The van der Waals surface area contributed by atoms with E-state index in [2.05, 4.69) is 0 Å². The summed E-state index contributed by atoms with van der Waals surface area (Å²) in [5, 5.41) is 9.42. The largest absolute Gasteiger partial charge is 0.276 e. The maximum absolute atomic E-state index is 11.9. The van der Waals surface area contributed by atoms with Crippen LogP contribution in [0.5, 0.6) is 0 Å². The molecule has 27 heavy (non-hydrogen) atoms. The van der Waals surface area contributed by atoms with Crippen molar-refractivity contribution in [3.05, 3.63) is 71.3 Å². The first-order chi connectivity index (χ1) is 11.7.